The highest BCUT2D eigenvalue weighted by Crippen LogP contribution is 2.24. The predicted molar refractivity (Wildman–Crippen MR) is 100 cm³/mol. The molecule has 3 heteroatoms. The second kappa shape index (κ2) is 7.71. The number of ether oxygens (including phenoxy) is 1. The number of nitrogens with two attached hydrogens (primary N) is 1. The van der Waals surface area contributed by atoms with Gasteiger partial charge in [0.25, 0.3) is 0 Å². The molecule has 2 N–H and O–H groups in total. The molecule has 0 atom stereocenters. The van der Waals surface area contributed by atoms with Crippen molar-refractivity contribution in [3.05, 3.63) is 59.2 Å². The first-order chi connectivity index (χ1) is 11.6. The van der Waals surface area contributed by atoms with Gasteiger partial charge in [0.2, 0.25) is 0 Å². The van der Waals surface area contributed by atoms with E-state index in [-0.39, 0.29) is 6.10 Å². The third-order valence-corrected chi connectivity index (χ3v) is 4.59. The number of nitrogens with zero attached hydrogens (tertiary/aromatic N) is 1. The molecule has 0 aromatic heterocycles. The molecule has 0 fully saturated rings. The quantitative estimate of drug-likeness (QED) is 0.815. The van der Waals surface area contributed by atoms with Crippen molar-refractivity contribution in [1.82, 2.24) is 4.90 Å². The maximum absolute atomic E-state index is 6.10. The molecule has 24 heavy (non-hydrogen) atoms. The van der Waals surface area contributed by atoms with Crippen LogP contribution in [0.4, 0.5) is 5.69 Å². The maximum Gasteiger partial charge on any atom is 0.142 e. The molecule has 0 radical (unpaired) electrons. The second-order valence-corrected chi connectivity index (χ2v) is 6.94. The van der Waals surface area contributed by atoms with Gasteiger partial charge in [-0.25, -0.2) is 0 Å². The highest BCUT2D eigenvalue weighted by atomic mass is 16.5. The Morgan fingerprint density at radius 2 is 1.92 bits per heavy atom. The number of aryl methyl sites for hydroxylation is 1. The zero-order chi connectivity index (χ0) is 16.9. The summed E-state index contributed by atoms with van der Waals surface area (Å²) in [6.07, 6.45) is 3.54. The average molecular weight is 324 g/mol. The van der Waals surface area contributed by atoms with E-state index in [1.807, 2.05) is 19.9 Å². The first-order valence-electron chi connectivity index (χ1n) is 8.96. The third kappa shape index (κ3) is 4.30. The van der Waals surface area contributed by atoms with Crippen molar-refractivity contribution >= 4 is 5.69 Å². The van der Waals surface area contributed by atoms with Crippen LogP contribution in [0.1, 0.15) is 37.0 Å². The molecule has 0 unspecified atom stereocenters. The van der Waals surface area contributed by atoms with E-state index in [4.69, 9.17) is 10.5 Å². The Morgan fingerprint density at radius 1 is 1.12 bits per heavy atom. The zero-order valence-electron chi connectivity index (χ0n) is 14.8. The highest BCUT2D eigenvalue weighted by Gasteiger charge is 2.15. The molecule has 2 aromatic carbocycles. The van der Waals surface area contributed by atoms with Gasteiger partial charge in [-0.3, -0.25) is 4.90 Å². The average Bonchev–Trinajstić information content (AvgIpc) is 2.57. The SMILES string of the molecule is CC(C)Oc1ccc(CCCN2CCc3ccccc3C2)cc1N. The molecule has 0 saturated carbocycles. The van der Waals surface area contributed by atoms with Crippen LogP contribution in [-0.2, 0) is 19.4 Å². The molecule has 3 rings (SSSR count). The van der Waals surface area contributed by atoms with Gasteiger partial charge in [0.1, 0.15) is 5.75 Å². The lowest BCUT2D eigenvalue weighted by Gasteiger charge is -2.28. The van der Waals surface area contributed by atoms with Gasteiger partial charge in [-0.15, -0.1) is 0 Å². The lowest BCUT2D eigenvalue weighted by molar-refractivity contribution is 0.243. The predicted octanol–water partition coefficient (Wildman–Crippen LogP) is 4.05. The van der Waals surface area contributed by atoms with E-state index in [1.165, 1.54) is 29.7 Å². The largest absolute Gasteiger partial charge is 0.489 e. The molecule has 1 heterocycles. The summed E-state index contributed by atoms with van der Waals surface area (Å²) in [5, 5.41) is 0. The number of rotatable bonds is 6. The van der Waals surface area contributed by atoms with E-state index < -0.39 is 0 Å². The summed E-state index contributed by atoms with van der Waals surface area (Å²) in [5.74, 6) is 0.793. The number of fused-ring (bicyclic) bond motifs is 1. The highest BCUT2D eigenvalue weighted by molar-refractivity contribution is 5.54. The van der Waals surface area contributed by atoms with Gasteiger partial charge in [-0.1, -0.05) is 30.3 Å². The number of anilines is 1. The van der Waals surface area contributed by atoms with Gasteiger partial charge in [-0.05, 0) is 68.5 Å². The summed E-state index contributed by atoms with van der Waals surface area (Å²) in [6, 6.07) is 15.0. The van der Waals surface area contributed by atoms with Crippen LogP contribution in [0.3, 0.4) is 0 Å². The molecular weight excluding hydrogens is 296 g/mol. The minimum Gasteiger partial charge on any atom is -0.489 e. The Bertz CT molecular complexity index is 681. The number of hydrogen-bond donors (Lipinski definition) is 1. The molecular formula is C21H28N2O. The van der Waals surface area contributed by atoms with Gasteiger partial charge in [-0.2, -0.15) is 0 Å². The Morgan fingerprint density at radius 3 is 2.67 bits per heavy atom. The summed E-state index contributed by atoms with van der Waals surface area (Å²) in [5.41, 5.74) is 11.1. The third-order valence-electron chi connectivity index (χ3n) is 4.59. The Hall–Kier alpha value is -2.00. The van der Waals surface area contributed by atoms with Crippen molar-refractivity contribution < 1.29 is 4.74 Å². The van der Waals surface area contributed by atoms with Crippen molar-refractivity contribution in [1.29, 1.82) is 0 Å². The standard InChI is InChI=1S/C21H28N2O/c1-16(2)24-21-10-9-17(14-20(21)22)6-5-12-23-13-11-18-7-3-4-8-19(18)15-23/h3-4,7-10,14,16H,5-6,11-13,15,22H2,1-2H3. The van der Waals surface area contributed by atoms with Gasteiger partial charge in [0, 0.05) is 13.1 Å². The monoisotopic (exact) mass is 324 g/mol. The fraction of sp³-hybridized carbons (Fsp3) is 0.429. The van der Waals surface area contributed by atoms with Gasteiger partial charge in [0.05, 0.1) is 11.8 Å². The van der Waals surface area contributed by atoms with Crippen LogP contribution >= 0.6 is 0 Å². The Kier molecular flexibility index (Phi) is 5.41. The molecule has 0 bridgehead atoms. The van der Waals surface area contributed by atoms with Gasteiger partial charge < -0.3 is 10.5 Å². The van der Waals surface area contributed by atoms with Crippen LogP contribution in [0, 0.1) is 0 Å². The van der Waals surface area contributed by atoms with E-state index in [0.717, 1.165) is 37.4 Å². The van der Waals surface area contributed by atoms with Crippen molar-refractivity contribution in [2.45, 2.75) is 45.8 Å². The summed E-state index contributed by atoms with van der Waals surface area (Å²) in [7, 11) is 0. The summed E-state index contributed by atoms with van der Waals surface area (Å²) in [4.78, 5) is 2.56. The first kappa shape index (κ1) is 16.8. The molecule has 0 saturated heterocycles. The van der Waals surface area contributed by atoms with Crippen LogP contribution < -0.4 is 10.5 Å². The lowest BCUT2D eigenvalue weighted by Crippen LogP contribution is -2.31. The summed E-state index contributed by atoms with van der Waals surface area (Å²) < 4.78 is 5.70. The van der Waals surface area contributed by atoms with Crippen LogP contribution in [0.2, 0.25) is 0 Å². The van der Waals surface area contributed by atoms with E-state index in [2.05, 4.69) is 41.3 Å². The van der Waals surface area contributed by atoms with E-state index in [0.29, 0.717) is 0 Å². The number of nitrogen functional groups attached to an aromatic ring is 1. The summed E-state index contributed by atoms with van der Waals surface area (Å²) in [6.45, 7) is 7.42. The smallest absolute Gasteiger partial charge is 0.142 e. The van der Waals surface area contributed by atoms with E-state index in [9.17, 15) is 0 Å². The topological polar surface area (TPSA) is 38.5 Å². The molecule has 1 aliphatic rings. The molecule has 0 spiro atoms. The van der Waals surface area contributed by atoms with Crippen molar-refractivity contribution in [2.24, 2.45) is 0 Å². The van der Waals surface area contributed by atoms with Gasteiger partial charge in [0.15, 0.2) is 0 Å². The molecule has 2 aromatic rings. The van der Waals surface area contributed by atoms with Gasteiger partial charge >= 0.3 is 0 Å². The maximum atomic E-state index is 6.10. The minimum atomic E-state index is 0.153. The Balaban J connectivity index is 1.49. The molecule has 1 aliphatic heterocycles. The molecule has 3 nitrogen and oxygen atoms in total. The van der Waals surface area contributed by atoms with Crippen LogP contribution in [0.25, 0.3) is 0 Å². The van der Waals surface area contributed by atoms with E-state index in [1.54, 1.807) is 0 Å². The van der Waals surface area contributed by atoms with Crippen LogP contribution in [0.5, 0.6) is 5.75 Å². The van der Waals surface area contributed by atoms with Crippen molar-refractivity contribution in [3.63, 3.8) is 0 Å². The summed E-state index contributed by atoms with van der Waals surface area (Å²) >= 11 is 0. The van der Waals surface area contributed by atoms with Crippen molar-refractivity contribution in [2.75, 3.05) is 18.8 Å². The number of hydrogen-bond acceptors (Lipinski definition) is 3. The van der Waals surface area contributed by atoms with Crippen LogP contribution in [0.15, 0.2) is 42.5 Å². The zero-order valence-corrected chi connectivity index (χ0v) is 14.8. The number of benzene rings is 2. The lowest BCUT2D eigenvalue weighted by atomic mass is 9.99. The minimum absolute atomic E-state index is 0.153. The Labute approximate surface area is 145 Å². The van der Waals surface area contributed by atoms with Crippen molar-refractivity contribution in [3.8, 4) is 5.75 Å². The van der Waals surface area contributed by atoms with Crippen LogP contribution in [-0.4, -0.2) is 24.1 Å². The fourth-order valence-corrected chi connectivity index (χ4v) is 3.37. The first-order valence-corrected chi connectivity index (χ1v) is 8.96. The normalized spacial score (nSPS) is 14.6. The molecule has 128 valence electrons. The second-order valence-electron chi connectivity index (χ2n) is 6.94. The fourth-order valence-electron chi connectivity index (χ4n) is 3.37. The molecule has 0 amide bonds. The van der Waals surface area contributed by atoms with E-state index >= 15 is 0 Å². The molecule has 0 aliphatic carbocycles.